The Morgan fingerprint density at radius 2 is 2.00 bits per heavy atom. The van der Waals surface area contributed by atoms with Gasteiger partial charge in [-0.1, -0.05) is 6.07 Å². The number of Topliss-reactive ketones (excluding diaryl/α,β-unsaturated/α-hetero) is 1. The van der Waals surface area contributed by atoms with Crippen LogP contribution in [0.15, 0.2) is 42.5 Å². The second-order valence-electron chi connectivity index (χ2n) is 5.24. The average Bonchev–Trinajstić information content (AvgIpc) is 2.60. The van der Waals surface area contributed by atoms with Crippen LogP contribution in [0.1, 0.15) is 33.2 Å². The van der Waals surface area contributed by atoms with Crippen molar-refractivity contribution in [1.29, 1.82) is 5.26 Å². The van der Waals surface area contributed by atoms with Gasteiger partial charge in [-0.05, 0) is 43.3 Å². The molecule has 1 amide bonds. The van der Waals surface area contributed by atoms with E-state index in [1.165, 1.54) is 6.92 Å². The number of benzene rings is 2. The summed E-state index contributed by atoms with van der Waals surface area (Å²) in [5, 5.41) is 8.98. The molecule has 0 bridgehead atoms. The summed E-state index contributed by atoms with van der Waals surface area (Å²) in [5.74, 6) is 0.288. The Bertz CT molecular complexity index is 836. The summed E-state index contributed by atoms with van der Waals surface area (Å²) in [6.07, 6.45) is 0. The first-order valence-electron chi connectivity index (χ1n) is 7.20. The van der Waals surface area contributed by atoms with Crippen LogP contribution in [0.3, 0.4) is 0 Å². The minimum absolute atomic E-state index is 0.0720. The van der Waals surface area contributed by atoms with Crippen molar-refractivity contribution in [3.63, 3.8) is 0 Å². The van der Waals surface area contributed by atoms with Crippen molar-refractivity contribution in [2.24, 2.45) is 0 Å². The van der Waals surface area contributed by atoms with E-state index in [1.807, 2.05) is 6.07 Å². The van der Waals surface area contributed by atoms with Crippen LogP contribution < -0.4 is 9.64 Å². The van der Waals surface area contributed by atoms with Crippen molar-refractivity contribution < 1.29 is 14.3 Å². The largest absolute Gasteiger partial charge is 0.490 e. The Morgan fingerprint density at radius 1 is 1.17 bits per heavy atom. The number of ketones is 1. The smallest absolute Gasteiger partial charge is 0.258 e. The Hall–Kier alpha value is -3.13. The Balaban J connectivity index is 2.02. The number of ether oxygens (including phenoxy) is 1. The van der Waals surface area contributed by atoms with Crippen molar-refractivity contribution in [2.45, 2.75) is 6.92 Å². The number of hydrogen-bond donors (Lipinski definition) is 0. The number of hydrogen-bond acceptors (Lipinski definition) is 4. The maximum Gasteiger partial charge on any atom is 0.258 e. The molecule has 0 spiro atoms. The lowest BCUT2D eigenvalue weighted by molar-refractivity contribution is 0.0973. The van der Waals surface area contributed by atoms with E-state index in [0.717, 1.165) is 0 Å². The molecule has 0 saturated heterocycles. The Labute approximate surface area is 133 Å². The summed E-state index contributed by atoms with van der Waals surface area (Å²) in [5.41, 5.74) is 1.97. The number of amides is 1. The third-order valence-electron chi connectivity index (χ3n) is 3.71. The molecule has 114 valence electrons. The monoisotopic (exact) mass is 306 g/mol. The van der Waals surface area contributed by atoms with E-state index in [2.05, 4.69) is 0 Å². The number of carbonyl (C=O) groups is 2. The van der Waals surface area contributed by atoms with Crippen molar-refractivity contribution in [3.05, 3.63) is 59.2 Å². The molecule has 0 aromatic heterocycles. The lowest BCUT2D eigenvalue weighted by Gasteiger charge is -2.30. The number of nitriles is 1. The molecule has 5 heteroatoms. The number of rotatable bonds is 2. The highest BCUT2D eigenvalue weighted by atomic mass is 16.5. The van der Waals surface area contributed by atoms with Gasteiger partial charge in [0.2, 0.25) is 0 Å². The molecule has 1 aliphatic rings. The van der Waals surface area contributed by atoms with E-state index in [-0.39, 0.29) is 11.7 Å². The van der Waals surface area contributed by atoms with Crippen LogP contribution in [-0.2, 0) is 0 Å². The summed E-state index contributed by atoms with van der Waals surface area (Å²) in [6, 6.07) is 13.7. The number of anilines is 1. The zero-order valence-corrected chi connectivity index (χ0v) is 12.6. The molecule has 0 N–H and O–H groups in total. The molecule has 5 nitrogen and oxygen atoms in total. The van der Waals surface area contributed by atoms with Crippen molar-refractivity contribution in [3.8, 4) is 11.8 Å². The molecule has 23 heavy (non-hydrogen) atoms. The summed E-state index contributed by atoms with van der Waals surface area (Å²) in [7, 11) is 0. The molecule has 1 aliphatic heterocycles. The molecular weight excluding hydrogens is 292 g/mol. The maximum absolute atomic E-state index is 12.8. The SMILES string of the molecule is CC(=O)c1ccc2c(c1)N(C(=O)c1cccc(C#N)c1)CCO2. The first-order chi connectivity index (χ1) is 11.1. The minimum Gasteiger partial charge on any atom is -0.490 e. The van der Waals surface area contributed by atoms with Crippen LogP contribution in [0.5, 0.6) is 5.75 Å². The van der Waals surface area contributed by atoms with Crippen LogP contribution in [0.4, 0.5) is 5.69 Å². The van der Waals surface area contributed by atoms with E-state index in [9.17, 15) is 9.59 Å². The highest BCUT2D eigenvalue weighted by molar-refractivity contribution is 6.08. The predicted molar refractivity (Wildman–Crippen MR) is 84.8 cm³/mol. The van der Waals surface area contributed by atoms with Crippen molar-refractivity contribution in [1.82, 2.24) is 0 Å². The fraction of sp³-hybridized carbons (Fsp3) is 0.167. The highest BCUT2D eigenvalue weighted by Crippen LogP contribution is 2.33. The molecule has 2 aromatic rings. The lowest BCUT2D eigenvalue weighted by atomic mass is 10.1. The second-order valence-corrected chi connectivity index (χ2v) is 5.24. The van der Waals surface area contributed by atoms with Crippen LogP contribution >= 0.6 is 0 Å². The van der Waals surface area contributed by atoms with E-state index in [4.69, 9.17) is 10.00 Å². The third-order valence-corrected chi connectivity index (χ3v) is 3.71. The van der Waals surface area contributed by atoms with Gasteiger partial charge in [0.25, 0.3) is 5.91 Å². The van der Waals surface area contributed by atoms with Gasteiger partial charge < -0.3 is 9.64 Å². The first kappa shape index (κ1) is 14.8. The second kappa shape index (κ2) is 5.93. The summed E-state index contributed by atoms with van der Waals surface area (Å²) >= 11 is 0. The van der Waals surface area contributed by atoms with Gasteiger partial charge >= 0.3 is 0 Å². The lowest BCUT2D eigenvalue weighted by Crippen LogP contribution is -2.38. The molecule has 2 aromatic carbocycles. The summed E-state index contributed by atoms with van der Waals surface area (Å²) in [6.45, 7) is 2.26. The first-order valence-corrected chi connectivity index (χ1v) is 7.20. The molecule has 1 heterocycles. The normalized spacial score (nSPS) is 12.8. The quantitative estimate of drug-likeness (QED) is 0.800. The highest BCUT2D eigenvalue weighted by Gasteiger charge is 2.25. The maximum atomic E-state index is 12.8. The zero-order valence-electron chi connectivity index (χ0n) is 12.6. The van der Waals surface area contributed by atoms with E-state index >= 15 is 0 Å². The van der Waals surface area contributed by atoms with Gasteiger partial charge in [-0.3, -0.25) is 9.59 Å². The zero-order chi connectivity index (χ0) is 16.4. The fourth-order valence-corrected chi connectivity index (χ4v) is 2.53. The fourth-order valence-electron chi connectivity index (χ4n) is 2.53. The van der Waals surface area contributed by atoms with Crippen LogP contribution in [-0.4, -0.2) is 24.8 Å². The van der Waals surface area contributed by atoms with Gasteiger partial charge in [0.1, 0.15) is 12.4 Å². The van der Waals surface area contributed by atoms with Gasteiger partial charge in [0.05, 0.1) is 23.9 Å². The van der Waals surface area contributed by atoms with Crippen molar-refractivity contribution >= 4 is 17.4 Å². The van der Waals surface area contributed by atoms with Gasteiger partial charge in [0.15, 0.2) is 5.78 Å². The van der Waals surface area contributed by atoms with Gasteiger partial charge in [-0.15, -0.1) is 0 Å². The average molecular weight is 306 g/mol. The topological polar surface area (TPSA) is 70.4 Å². The minimum atomic E-state index is -0.215. The molecular formula is C18H14N2O3. The molecule has 0 radical (unpaired) electrons. The number of fused-ring (bicyclic) bond motifs is 1. The van der Waals surface area contributed by atoms with Gasteiger partial charge in [0, 0.05) is 11.1 Å². The van der Waals surface area contributed by atoms with Crippen LogP contribution in [0.25, 0.3) is 0 Å². The summed E-state index contributed by atoms with van der Waals surface area (Å²) < 4.78 is 5.56. The predicted octanol–water partition coefficient (Wildman–Crippen LogP) is 2.80. The Kier molecular flexibility index (Phi) is 3.82. The van der Waals surface area contributed by atoms with E-state index < -0.39 is 0 Å². The molecule has 3 rings (SSSR count). The van der Waals surface area contributed by atoms with Gasteiger partial charge in [-0.2, -0.15) is 5.26 Å². The Morgan fingerprint density at radius 3 is 2.74 bits per heavy atom. The molecule has 0 aliphatic carbocycles. The molecule has 0 saturated carbocycles. The summed E-state index contributed by atoms with van der Waals surface area (Å²) in [4.78, 5) is 26.0. The van der Waals surface area contributed by atoms with Crippen LogP contribution in [0, 0.1) is 11.3 Å². The standard InChI is InChI=1S/C18H14N2O3/c1-12(21)14-5-6-17-16(10-14)20(7-8-23-17)18(22)15-4-2-3-13(9-15)11-19/h2-6,9-10H,7-8H2,1H3. The van der Waals surface area contributed by atoms with E-state index in [1.54, 1.807) is 47.4 Å². The number of carbonyl (C=O) groups excluding carboxylic acids is 2. The van der Waals surface area contributed by atoms with Crippen LogP contribution in [0.2, 0.25) is 0 Å². The van der Waals surface area contributed by atoms with Crippen molar-refractivity contribution in [2.75, 3.05) is 18.1 Å². The molecule has 0 unspecified atom stereocenters. The molecule has 0 atom stereocenters. The van der Waals surface area contributed by atoms with Gasteiger partial charge in [-0.25, -0.2) is 0 Å². The third kappa shape index (κ3) is 2.79. The molecule has 0 fully saturated rings. The number of nitrogens with zero attached hydrogens (tertiary/aromatic N) is 2. The van der Waals surface area contributed by atoms with E-state index in [0.29, 0.717) is 41.3 Å².